The number of guanidine groups is 1. The molecule has 1 heterocycles. The summed E-state index contributed by atoms with van der Waals surface area (Å²) in [5, 5.41) is 6.70. The third-order valence-corrected chi connectivity index (χ3v) is 4.29. The summed E-state index contributed by atoms with van der Waals surface area (Å²) in [5.41, 5.74) is -0.401. The second-order valence-corrected chi connectivity index (χ2v) is 8.17. The molecule has 7 nitrogen and oxygen atoms in total. The van der Waals surface area contributed by atoms with Crippen molar-refractivity contribution >= 4 is 17.8 Å². The van der Waals surface area contributed by atoms with E-state index < -0.39 is 5.60 Å². The maximum atomic E-state index is 11.7. The summed E-state index contributed by atoms with van der Waals surface area (Å²) < 4.78 is 5.31. The lowest BCUT2D eigenvalue weighted by molar-refractivity contribution is -0.154. The van der Waals surface area contributed by atoms with Crippen LogP contribution in [0.15, 0.2) is 4.99 Å². The average molecular weight is 383 g/mol. The van der Waals surface area contributed by atoms with E-state index in [-0.39, 0.29) is 17.9 Å². The molecule has 1 aliphatic heterocycles. The number of carbonyl (C=O) groups is 2. The van der Waals surface area contributed by atoms with Crippen molar-refractivity contribution in [1.82, 2.24) is 15.5 Å². The summed E-state index contributed by atoms with van der Waals surface area (Å²) in [6.45, 7) is 10.00. The highest BCUT2D eigenvalue weighted by molar-refractivity contribution is 5.81. The molecule has 0 radical (unpaired) electrons. The van der Waals surface area contributed by atoms with Crippen LogP contribution in [0.2, 0.25) is 0 Å². The van der Waals surface area contributed by atoms with Gasteiger partial charge in [-0.2, -0.15) is 0 Å². The van der Waals surface area contributed by atoms with Gasteiger partial charge in [-0.1, -0.05) is 12.8 Å². The SMILES string of the molecule is CCNC(=NCCCCCCC(=O)OC(C)(C)C)NC1CCC(=O)N(C)C1. The molecule has 0 spiro atoms. The predicted octanol–water partition coefficient (Wildman–Crippen LogP) is 2.45. The lowest BCUT2D eigenvalue weighted by Crippen LogP contribution is -2.51. The standard InChI is InChI=1S/C20H38N4O3/c1-6-21-19(23-16-12-13-17(25)24(5)15-16)22-14-10-8-7-9-11-18(26)27-20(2,3)4/h16H,6-15H2,1-5H3,(H2,21,22,23). The van der Waals surface area contributed by atoms with Gasteiger partial charge < -0.3 is 20.3 Å². The first-order valence-corrected chi connectivity index (χ1v) is 10.2. The maximum Gasteiger partial charge on any atom is 0.306 e. The van der Waals surface area contributed by atoms with Gasteiger partial charge in [-0.05, 0) is 47.0 Å². The summed E-state index contributed by atoms with van der Waals surface area (Å²) in [5.74, 6) is 0.912. The van der Waals surface area contributed by atoms with Crippen LogP contribution < -0.4 is 10.6 Å². The molecule has 156 valence electrons. The molecule has 1 fully saturated rings. The molecule has 1 unspecified atom stereocenters. The maximum absolute atomic E-state index is 11.7. The molecule has 0 aliphatic carbocycles. The minimum Gasteiger partial charge on any atom is -0.460 e. The lowest BCUT2D eigenvalue weighted by atomic mass is 10.1. The summed E-state index contributed by atoms with van der Waals surface area (Å²) in [7, 11) is 1.84. The normalized spacial score (nSPS) is 18.4. The van der Waals surface area contributed by atoms with Crippen molar-refractivity contribution in [3.05, 3.63) is 0 Å². The number of ether oxygens (including phenoxy) is 1. The van der Waals surface area contributed by atoms with E-state index in [1.54, 1.807) is 4.90 Å². The van der Waals surface area contributed by atoms with Crippen molar-refractivity contribution in [2.24, 2.45) is 4.99 Å². The Kier molecular flexibility index (Phi) is 10.2. The highest BCUT2D eigenvalue weighted by atomic mass is 16.6. The van der Waals surface area contributed by atoms with Crippen molar-refractivity contribution in [2.75, 3.05) is 26.7 Å². The number of nitrogens with zero attached hydrogens (tertiary/aromatic N) is 2. The van der Waals surface area contributed by atoms with Crippen LogP contribution in [0.1, 0.15) is 72.6 Å². The minimum absolute atomic E-state index is 0.116. The van der Waals surface area contributed by atoms with Crippen LogP contribution in [0.3, 0.4) is 0 Å². The van der Waals surface area contributed by atoms with E-state index >= 15 is 0 Å². The quantitative estimate of drug-likeness (QED) is 0.277. The summed E-state index contributed by atoms with van der Waals surface area (Å²) >= 11 is 0. The number of amides is 1. The second-order valence-electron chi connectivity index (χ2n) is 8.17. The van der Waals surface area contributed by atoms with E-state index in [9.17, 15) is 9.59 Å². The number of unbranched alkanes of at least 4 members (excludes halogenated alkanes) is 3. The van der Waals surface area contributed by atoms with Gasteiger partial charge in [0.15, 0.2) is 5.96 Å². The summed E-state index contributed by atoms with van der Waals surface area (Å²) in [4.78, 5) is 29.6. The average Bonchev–Trinajstić information content (AvgIpc) is 2.55. The van der Waals surface area contributed by atoms with E-state index in [4.69, 9.17) is 4.74 Å². The van der Waals surface area contributed by atoms with Gasteiger partial charge in [-0.3, -0.25) is 14.6 Å². The Hall–Kier alpha value is -1.79. The van der Waals surface area contributed by atoms with Crippen molar-refractivity contribution < 1.29 is 14.3 Å². The zero-order chi connectivity index (χ0) is 20.3. The van der Waals surface area contributed by atoms with Crippen molar-refractivity contribution in [1.29, 1.82) is 0 Å². The van der Waals surface area contributed by atoms with Crippen molar-refractivity contribution in [3.8, 4) is 0 Å². The number of hydrogen-bond donors (Lipinski definition) is 2. The molecule has 1 rings (SSSR count). The Labute approximate surface area is 164 Å². The molecule has 27 heavy (non-hydrogen) atoms. The summed E-state index contributed by atoms with van der Waals surface area (Å²) in [6, 6.07) is 0.249. The molecule has 2 N–H and O–H groups in total. The molecule has 1 atom stereocenters. The van der Waals surface area contributed by atoms with Crippen LogP contribution >= 0.6 is 0 Å². The molecule has 0 aromatic heterocycles. The largest absolute Gasteiger partial charge is 0.460 e. The van der Waals surface area contributed by atoms with Gasteiger partial charge in [0.1, 0.15) is 5.60 Å². The van der Waals surface area contributed by atoms with E-state index in [1.165, 1.54) is 0 Å². The van der Waals surface area contributed by atoms with Crippen LogP contribution in [0.25, 0.3) is 0 Å². The molecule has 0 aromatic carbocycles. The van der Waals surface area contributed by atoms with Crippen molar-refractivity contribution in [2.45, 2.75) is 84.3 Å². The number of hydrogen-bond acceptors (Lipinski definition) is 4. The van der Waals surface area contributed by atoms with Crippen LogP contribution in [0, 0.1) is 0 Å². The number of likely N-dealkylation sites (tertiary alicyclic amines) is 1. The molecule has 1 aliphatic rings. The van der Waals surface area contributed by atoms with E-state index in [1.807, 2.05) is 34.7 Å². The fourth-order valence-electron chi connectivity index (χ4n) is 2.96. The van der Waals surface area contributed by atoms with Crippen LogP contribution in [0.5, 0.6) is 0 Å². The number of likely N-dealkylation sites (N-methyl/N-ethyl adjacent to an activating group) is 1. The first-order chi connectivity index (χ1) is 12.7. The Morgan fingerprint density at radius 2 is 1.96 bits per heavy atom. The molecule has 0 aromatic rings. The highest BCUT2D eigenvalue weighted by Gasteiger charge is 2.23. The van der Waals surface area contributed by atoms with Gasteiger partial charge in [0.2, 0.25) is 5.91 Å². The number of nitrogens with one attached hydrogen (secondary N) is 2. The molecule has 1 amide bonds. The first kappa shape index (κ1) is 23.2. The molecule has 0 bridgehead atoms. The Morgan fingerprint density at radius 1 is 1.26 bits per heavy atom. The molecular formula is C20H38N4O3. The first-order valence-electron chi connectivity index (χ1n) is 10.2. The lowest BCUT2D eigenvalue weighted by Gasteiger charge is -2.31. The van der Waals surface area contributed by atoms with E-state index in [2.05, 4.69) is 15.6 Å². The molecule has 1 saturated heterocycles. The highest BCUT2D eigenvalue weighted by Crippen LogP contribution is 2.11. The Balaban J connectivity index is 2.22. The zero-order valence-electron chi connectivity index (χ0n) is 17.8. The van der Waals surface area contributed by atoms with Crippen LogP contribution in [-0.2, 0) is 14.3 Å². The van der Waals surface area contributed by atoms with Crippen molar-refractivity contribution in [3.63, 3.8) is 0 Å². The number of aliphatic imine (C=N–C) groups is 1. The zero-order valence-corrected chi connectivity index (χ0v) is 17.8. The third kappa shape index (κ3) is 10.8. The molecular weight excluding hydrogens is 344 g/mol. The monoisotopic (exact) mass is 382 g/mol. The third-order valence-electron chi connectivity index (χ3n) is 4.29. The van der Waals surface area contributed by atoms with Gasteiger partial charge in [0.05, 0.1) is 0 Å². The number of rotatable bonds is 9. The smallest absolute Gasteiger partial charge is 0.306 e. The summed E-state index contributed by atoms with van der Waals surface area (Å²) in [6.07, 6.45) is 5.83. The fourth-order valence-corrected chi connectivity index (χ4v) is 2.96. The number of esters is 1. The number of carbonyl (C=O) groups excluding carboxylic acids is 2. The molecule has 0 saturated carbocycles. The van der Waals surface area contributed by atoms with Gasteiger partial charge in [-0.15, -0.1) is 0 Å². The van der Waals surface area contributed by atoms with Gasteiger partial charge in [0.25, 0.3) is 0 Å². The number of piperidine rings is 1. The topological polar surface area (TPSA) is 83.0 Å². The molecule has 7 heteroatoms. The van der Waals surface area contributed by atoms with E-state index in [0.29, 0.717) is 19.4 Å². The predicted molar refractivity (Wildman–Crippen MR) is 109 cm³/mol. The Morgan fingerprint density at radius 3 is 2.59 bits per heavy atom. The van der Waals surface area contributed by atoms with Gasteiger partial charge in [-0.25, -0.2) is 0 Å². The van der Waals surface area contributed by atoms with Crippen LogP contribution in [-0.4, -0.2) is 61.1 Å². The minimum atomic E-state index is -0.401. The van der Waals surface area contributed by atoms with Gasteiger partial charge >= 0.3 is 5.97 Å². The second kappa shape index (κ2) is 11.8. The Bertz CT molecular complexity index is 500. The fraction of sp³-hybridized carbons (Fsp3) is 0.850. The van der Waals surface area contributed by atoms with E-state index in [0.717, 1.165) is 51.2 Å². The van der Waals surface area contributed by atoms with Gasteiger partial charge in [0, 0.05) is 45.6 Å². The van der Waals surface area contributed by atoms with Crippen LogP contribution in [0.4, 0.5) is 0 Å².